The van der Waals surface area contributed by atoms with Crippen LogP contribution < -0.4 is 0 Å². The molecule has 19 heavy (non-hydrogen) atoms. The molecule has 7 heteroatoms. The molecule has 2 N–H and O–H groups in total. The van der Waals surface area contributed by atoms with Crippen molar-refractivity contribution in [2.75, 3.05) is 6.26 Å². The summed E-state index contributed by atoms with van der Waals surface area (Å²) in [6.07, 6.45) is 1.71. The zero-order valence-corrected chi connectivity index (χ0v) is 10.7. The van der Waals surface area contributed by atoms with Crippen LogP contribution in [0.3, 0.4) is 0 Å². The Bertz CT molecular complexity index is 637. The Labute approximate surface area is 112 Å². The van der Waals surface area contributed by atoms with Gasteiger partial charge in [0.1, 0.15) is 0 Å². The van der Waals surface area contributed by atoms with E-state index in [1.165, 1.54) is 16.3 Å². The van der Waals surface area contributed by atoms with Crippen molar-refractivity contribution in [3.8, 4) is 5.69 Å². The maximum atomic E-state index is 11.3. The van der Waals surface area contributed by atoms with E-state index in [-0.39, 0.29) is 5.69 Å². The Balaban J connectivity index is 2.77. The van der Waals surface area contributed by atoms with Crippen LogP contribution >= 0.6 is 11.8 Å². The van der Waals surface area contributed by atoms with E-state index in [9.17, 15) is 14.7 Å². The summed E-state index contributed by atoms with van der Waals surface area (Å²) in [5, 5.41) is 18.6. The molecule has 0 aliphatic carbocycles. The molecule has 0 saturated carbocycles. The summed E-state index contributed by atoms with van der Waals surface area (Å²) in [7, 11) is 0. The number of imidazole rings is 1. The lowest BCUT2D eigenvalue weighted by molar-refractivity contribution is 0.0642. The molecular formula is C12H10N2O4S. The van der Waals surface area contributed by atoms with Gasteiger partial charge in [0.25, 0.3) is 0 Å². The maximum absolute atomic E-state index is 11.3. The Morgan fingerprint density at radius 2 is 1.79 bits per heavy atom. The molecule has 0 aliphatic heterocycles. The number of benzene rings is 1. The summed E-state index contributed by atoms with van der Waals surface area (Å²) >= 11 is 1.19. The molecule has 1 heterocycles. The first-order valence-electron chi connectivity index (χ1n) is 5.25. The van der Waals surface area contributed by atoms with E-state index < -0.39 is 17.6 Å². The van der Waals surface area contributed by atoms with Crippen LogP contribution in [-0.4, -0.2) is 38.0 Å². The molecule has 0 unspecified atom stereocenters. The number of carboxylic acid groups (broad SMARTS) is 2. The Kier molecular flexibility index (Phi) is 3.57. The average Bonchev–Trinajstić information content (AvgIpc) is 2.79. The van der Waals surface area contributed by atoms with Gasteiger partial charge in [0.15, 0.2) is 16.5 Å². The molecule has 2 aromatic rings. The molecule has 0 fully saturated rings. The molecular weight excluding hydrogens is 268 g/mol. The highest BCUT2D eigenvalue weighted by Crippen LogP contribution is 2.24. The predicted octanol–water partition coefficient (Wildman–Crippen LogP) is 1.99. The minimum absolute atomic E-state index is 0.320. The SMILES string of the molecule is CSc1nc(C(=O)O)c(C(=O)O)n1-c1ccccc1. The fourth-order valence-electron chi connectivity index (χ4n) is 1.70. The average molecular weight is 278 g/mol. The van der Waals surface area contributed by atoms with Crippen molar-refractivity contribution in [1.82, 2.24) is 9.55 Å². The number of nitrogens with zero attached hydrogens (tertiary/aromatic N) is 2. The number of carbonyl (C=O) groups is 2. The van der Waals surface area contributed by atoms with E-state index in [0.29, 0.717) is 10.8 Å². The van der Waals surface area contributed by atoms with Crippen LogP contribution in [-0.2, 0) is 0 Å². The Hall–Kier alpha value is -2.28. The number of hydrogen-bond donors (Lipinski definition) is 2. The smallest absolute Gasteiger partial charge is 0.357 e. The lowest BCUT2D eigenvalue weighted by atomic mass is 10.2. The molecule has 0 aliphatic rings. The van der Waals surface area contributed by atoms with Gasteiger partial charge in [-0.05, 0) is 18.4 Å². The molecule has 1 aromatic carbocycles. The minimum atomic E-state index is -1.36. The molecule has 98 valence electrons. The van der Waals surface area contributed by atoms with Gasteiger partial charge in [-0.25, -0.2) is 14.6 Å². The third kappa shape index (κ3) is 2.32. The molecule has 2 rings (SSSR count). The molecule has 0 bridgehead atoms. The topological polar surface area (TPSA) is 92.4 Å². The fourth-order valence-corrected chi connectivity index (χ4v) is 2.26. The Morgan fingerprint density at radius 1 is 1.16 bits per heavy atom. The summed E-state index contributed by atoms with van der Waals surface area (Å²) in [6.45, 7) is 0. The Morgan fingerprint density at radius 3 is 2.26 bits per heavy atom. The molecule has 0 radical (unpaired) electrons. The van der Waals surface area contributed by atoms with Gasteiger partial charge in [0.05, 0.1) is 0 Å². The normalized spacial score (nSPS) is 10.4. The largest absolute Gasteiger partial charge is 0.476 e. The third-order valence-corrected chi connectivity index (χ3v) is 3.09. The molecule has 6 nitrogen and oxygen atoms in total. The summed E-state index contributed by atoms with van der Waals surface area (Å²) in [6, 6.07) is 8.66. The van der Waals surface area contributed by atoms with Gasteiger partial charge in [-0.2, -0.15) is 0 Å². The minimum Gasteiger partial charge on any atom is -0.476 e. The van der Waals surface area contributed by atoms with Gasteiger partial charge in [0, 0.05) is 5.69 Å². The van der Waals surface area contributed by atoms with E-state index in [2.05, 4.69) is 4.98 Å². The summed E-state index contributed by atoms with van der Waals surface area (Å²) in [4.78, 5) is 26.3. The van der Waals surface area contributed by atoms with Crippen LogP contribution in [0.5, 0.6) is 0 Å². The van der Waals surface area contributed by atoms with Crippen LogP contribution in [0.15, 0.2) is 35.5 Å². The van der Waals surface area contributed by atoms with Gasteiger partial charge in [-0.15, -0.1) is 0 Å². The summed E-state index contributed by atoms with van der Waals surface area (Å²) in [5.41, 5.74) is -0.243. The molecule has 0 spiro atoms. The first-order chi connectivity index (χ1) is 9.06. The highest BCUT2D eigenvalue weighted by atomic mass is 32.2. The predicted molar refractivity (Wildman–Crippen MR) is 69.3 cm³/mol. The number of thioether (sulfide) groups is 1. The first kappa shape index (κ1) is 13.2. The number of aromatic nitrogens is 2. The zero-order valence-electron chi connectivity index (χ0n) is 9.90. The van der Waals surface area contributed by atoms with Crippen molar-refractivity contribution in [3.63, 3.8) is 0 Å². The van der Waals surface area contributed by atoms with Crippen molar-refractivity contribution >= 4 is 23.7 Å². The standard InChI is InChI=1S/C12H10N2O4S/c1-19-12-13-8(10(15)16)9(11(17)18)14(12)7-5-3-2-4-6-7/h2-6H,1H3,(H,15,16)(H,17,18). The second kappa shape index (κ2) is 5.15. The van der Waals surface area contributed by atoms with E-state index in [0.717, 1.165) is 0 Å². The number of aromatic carboxylic acids is 2. The van der Waals surface area contributed by atoms with Crippen LogP contribution in [0.25, 0.3) is 5.69 Å². The van der Waals surface area contributed by atoms with Crippen molar-refractivity contribution in [2.24, 2.45) is 0 Å². The van der Waals surface area contributed by atoms with Crippen LogP contribution in [0.4, 0.5) is 0 Å². The van der Waals surface area contributed by atoms with Crippen LogP contribution in [0.2, 0.25) is 0 Å². The lowest BCUT2D eigenvalue weighted by Gasteiger charge is -2.08. The van der Waals surface area contributed by atoms with Crippen molar-refractivity contribution in [2.45, 2.75) is 5.16 Å². The lowest BCUT2D eigenvalue weighted by Crippen LogP contribution is -2.12. The van der Waals surface area contributed by atoms with Gasteiger partial charge >= 0.3 is 11.9 Å². The summed E-state index contributed by atoms with van der Waals surface area (Å²) < 4.78 is 1.33. The van der Waals surface area contributed by atoms with Gasteiger partial charge < -0.3 is 10.2 Å². The monoisotopic (exact) mass is 278 g/mol. The molecule has 1 aromatic heterocycles. The maximum Gasteiger partial charge on any atom is 0.357 e. The quantitative estimate of drug-likeness (QED) is 0.831. The number of rotatable bonds is 4. The van der Waals surface area contributed by atoms with E-state index >= 15 is 0 Å². The number of para-hydroxylation sites is 1. The van der Waals surface area contributed by atoms with E-state index in [1.807, 2.05) is 0 Å². The fraction of sp³-hybridized carbons (Fsp3) is 0.0833. The van der Waals surface area contributed by atoms with Crippen molar-refractivity contribution < 1.29 is 19.8 Å². The second-order valence-corrected chi connectivity index (χ2v) is 4.35. The zero-order chi connectivity index (χ0) is 14.0. The highest BCUT2D eigenvalue weighted by molar-refractivity contribution is 7.98. The second-order valence-electron chi connectivity index (χ2n) is 3.58. The number of carboxylic acids is 2. The van der Waals surface area contributed by atoms with Crippen LogP contribution in [0, 0.1) is 0 Å². The van der Waals surface area contributed by atoms with Crippen LogP contribution in [0.1, 0.15) is 21.0 Å². The van der Waals surface area contributed by atoms with Crippen molar-refractivity contribution in [1.29, 1.82) is 0 Å². The number of hydrogen-bond acceptors (Lipinski definition) is 4. The molecule has 0 saturated heterocycles. The molecule has 0 amide bonds. The van der Waals surface area contributed by atoms with E-state index in [4.69, 9.17) is 5.11 Å². The third-order valence-electron chi connectivity index (χ3n) is 2.45. The first-order valence-corrected chi connectivity index (χ1v) is 6.47. The van der Waals surface area contributed by atoms with E-state index in [1.54, 1.807) is 36.6 Å². The van der Waals surface area contributed by atoms with Crippen molar-refractivity contribution in [3.05, 3.63) is 41.7 Å². The summed E-state index contributed by atoms with van der Waals surface area (Å²) in [5.74, 6) is -2.68. The highest BCUT2D eigenvalue weighted by Gasteiger charge is 2.27. The molecule has 0 atom stereocenters. The van der Waals surface area contributed by atoms with Gasteiger partial charge in [-0.3, -0.25) is 4.57 Å². The van der Waals surface area contributed by atoms with Gasteiger partial charge in [0.2, 0.25) is 0 Å². The van der Waals surface area contributed by atoms with Gasteiger partial charge in [-0.1, -0.05) is 30.0 Å².